The molecule has 23 heteroatoms. The number of rotatable bonds is 30. The first-order valence-corrected chi connectivity index (χ1v) is 24.3. The van der Waals surface area contributed by atoms with E-state index in [0.717, 1.165) is 25.0 Å². The first-order valence-electron chi connectivity index (χ1n) is 21.9. The summed E-state index contributed by atoms with van der Waals surface area (Å²) >= 11 is 3.24. The number of nitrogens with two attached hydrogens (primary N) is 1. The lowest BCUT2D eigenvalue weighted by molar-refractivity contribution is -0.137. The Bertz CT molecular complexity index is 1790. The summed E-state index contributed by atoms with van der Waals surface area (Å²) in [6.45, 7) is 3.00. The number of benzene rings is 1. The van der Waals surface area contributed by atoms with Crippen molar-refractivity contribution in [1.29, 1.82) is 0 Å². The van der Waals surface area contributed by atoms with Crippen molar-refractivity contribution in [3.63, 3.8) is 0 Å². The summed E-state index contributed by atoms with van der Waals surface area (Å²) < 4.78 is 0. The number of amides is 10. The lowest BCUT2D eigenvalue weighted by Gasteiger charge is -2.25. The van der Waals surface area contributed by atoms with Crippen LogP contribution in [0.4, 0.5) is 4.79 Å². The number of unbranched alkanes of at least 4 members (excludes halogenated alkanes) is 2. The van der Waals surface area contributed by atoms with E-state index >= 15 is 0 Å². The predicted molar refractivity (Wildman–Crippen MR) is 244 cm³/mol. The van der Waals surface area contributed by atoms with Gasteiger partial charge in [0.15, 0.2) is 0 Å². The molecule has 0 bridgehead atoms. The number of phenols is 1. The third-order valence-corrected chi connectivity index (χ3v) is 13.0. The number of phenolic OH excluding ortho intramolecular Hbond substituents is 1. The van der Waals surface area contributed by atoms with Gasteiger partial charge < -0.3 is 53.4 Å². The second-order valence-corrected chi connectivity index (χ2v) is 18.8. The fourth-order valence-corrected chi connectivity index (χ4v) is 9.41. The van der Waals surface area contributed by atoms with Crippen LogP contribution >= 0.6 is 23.5 Å². The zero-order chi connectivity index (χ0) is 47.9. The largest absolute Gasteiger partial charge is 0.508 e. The number of hydrogen-bond acceptors (Lipinski definition) is 13. The van der Waals surface area contributed by atoms with Crippen LogP contribution in [0.25, 0.3) is 0 Å². The van der Waals surface area contributed by atoms with E-state index in [4.69, 9.17) is 10.9 Å². The fraction of sp³-hybridized carbons (Fsp3) is 0.643. The number of carbonyl (C=O) groups excluding carboxylic acids is 9. The van der Waals surface area contributed by atoms with E-state index in [9.17, 15) is 48.3 Å². The molecule has 1 aromatic carbocycles. The number of primary amides is 1. The molecule has 3 rings (SSSR count). The van der Waals surface area contributed by atoms with Crippen LogP contribution in [0.15, 0.2) is 24.3 Å². The summed E-state index contributed by atoms with van der Waals surface area (Å²) in [5.74, 6) is -4.70. The van der Waals surface area contributed by atoms with Gasteiger partial charge in [-0.25, -0.2) is 10.3 Å². The monoisotopic (exact) mass is 950 g/mol. The van der Waals surface area contributed by atoms with Gasteiger partial charge in [0.25, 0.3) is 0 Å². The summed E-state index contributed by atoms with van der Waals surface area (Å²) in [5, 5.41) is 40.6. The Labute approximate surface area is 387 Å². The van der Waals surface area contributed by atoms with Crippen molar-refractivity contribution < 1.29 is 53.5 Å². The number of carbonyl (C=O) groups is 9. The van der Waals surface area contributed by atoms with Gasteiger partial charge in [0.1, 0.15) is 23.9 Å². The number of hydroxylamine groups is 1. The quantitative estimate of drug-likeness (QED) is 0.0199. The molecule has 0 saturated carbocycles. The number of fused-ring (bicyclic) bond motifs is 1. The molecule has 2 fully saturated rings. The first kappa shape index (κ1) is 54.0. The fourth-order valence-electron chi connectivity index (χ4n) is 7.39. The van der Waals surface area contributed by atoms with Crippen LogP contribution in [-0.4, -0.2) is 136 Å². The molecule has 21 nitrogen and oxygen atoms in total. The van der Waals surface area contributed by atoms with Crippen LogP contribution in [0.5, 0.6) is 5.75 Å². The van der Waals surface area contributed by atoms with E-state index in [-0.39, 0.29) is 67.8 Å². The molecule has 10 amide bonds. The van der Waals surface area contributed by atoms with Crippen molar-refractivity contribution in [2.45, 2.75) is 120 Å². The Morgan fingerprint density at radius 2 is 1.51 bits per heavy atom. The highest BCUT2D eigenvalue weighted by atomic mass is 32.2. The minimum atomic E-state index is -1.23. The van der Waals surface area contributed by atoms with E-state index in [1.807, 2.05) is 25.6 Å². The number of thioether (sulfide) groups is 2. The summed E-state index contributed by atoms with van der Waals surface area (Å²) in [6.07, 6.45) is 5.93. The van der Waals surface area contributed by atoms with Crippen LogP contribution in [0, 0.1) is 11.8 Å². The number of nitrogens with one attached hydrogen (secondary N) is 9. The van der Waals surface area contributed by atoms with Gasteiger partial charge in [0.2, 0.25) is 47.3 Å². The molecule has 0 aromatic heterocycles. The van der Waals surface area contributed by atoms with Gasteiger partial charge in [-0.15, -0.1) is 0 Å². The molecule has 362 valence electrons. The number of urea groups is 1. The van der Waals surface area contributed by atoms with Crippen molar-refractivity contribution in [3.05, 3.63) is 29.8 Å². The minimum absolute atomic E-state index is 0.0105. The summed E-state index contributed by atoms with van der Waals surface area (Å²) in [7, 11) is 0. The van der Waals surface area contributed by atoms with Crippen molar-refractivity contribution in [1.82, 2.24) is 48.0 Å². The highest BCUT2D eigenvalue weighted by Crippen LogP contribution is 2.33. The highest BCUT2D eigenvalue weighted by molar-refractivity contribution is 8.00. The standard InChI is InChI=1S/C42H66N10O11S2/c1-24(2)18-26(20-34(55)52-63)39(59)49-30(19-25-11-13-27(53)14-12-25)41(61)48-29(15-17-64-3)40(60)46-21-35(56)45-22-36(57)47-28(38(43)58)8-6-7-16-44-33(54)10-5-4-9-32-37-31(23-65-32)50-42(62)51-37/h11-14,24,26,28-32,37,53,63H,4-10,15-23H2,1-3H3,(H2,43,58)(H,44,54)(H,45,56)(H,46,60)(H,47,57)(H,48,61)(H,49,59)(H,52,55)(H2,50,51,62)/t26?,28-,29-,30-,31-,32-,37-/m0/s1. The molecular weight excluding hydrogens is 885 g/mol. The molecule has 1 aromatic rings. The SMILES string of the molecule is CSCC[C@H](NC(=O)[C@H](Cc1ccc(O)cc1)NC(=O)C(CC(=O)NO)CC(C)C)C(=O)NCC(=O)NCC(=O)N[C@@H](CCCCNC(=O)CCCC[C@@H]1SC[C@@H]2NC(=O)N[C@@H]21)C(N)=O. The van der Waals surface area contributed by atoms with E-state index in [0.29, 0.717) is 42.4 Å². The lowest BCUT2D eigenvalue weighted by Crippen LogP contribution is -2.56. The molecule has 2 aliphatic heterocycles. The molecule has 13 N–H and O–H groups in total. The van der Waals surface area contributed by atoms with Crippen LogP contribution in [0.2, 0.25) is 0 Å². The highest BCUT2D eigenvalue weighted by Gasteiger charge is 2.42. The van der Waals surface area contributed by atoms with Gasteiger partial charge in [-0.05, 0) is 80.6 Å². The van der Waals surface area contributed by atoms with Gasteiger partial charge in [0.05, 0.1) is 25.2 Å². The zero-order valence-electron chi connectivity index (χ0n) is 37.2. The average molecular weight is 951 g/mol. The van der Waals surface area contributed by atoms with Crippen LogP contribution in [0.3, 0.4) is 0 Å². The lowest BCUT2D eigenvalue weighted by atomic mass is 9.92. The molecule has 0 aliphatic carbocycles. The summed E-state index contributed by atoms with van der Waals surface area (Å²) in [4.78, 5) is 114. The molecule has 2 aliphatic rings. The van der Waals surface area contributed by atoms with E-state index in [1.54, 1.807) is 18.4 Å². The third-order valence-electron chi connectivity index (χ3n) is 10.8. The Morgan fingerprint density at radius 3 is 2.18 bits per heavy atom. The predicted octanol–water partition coefficient (Wildman–Crippen LogP) is -0.570. The summed E-state index contributed by atoms with van der Waals surface area (Å²) in [6, 6.07) is 2.75. The zero-order valence-corrected chi connectivity index (χ0v) is 38.8. The van der Waals surface area contributed by atoms with Crippen molar-refractivity contribution in [2.75, 3.05) is 37.4 Å². The maximum atomic E-state index is 13.8. The Morgan fingerprint density at radius 1 is 0.800 bits per heavy atom. The normalized spacial score (nSPS) is 18.1. The van der Waals surface area contributed by atoms with Crippen molar-refractivity contribution in [2.24, 2.45) is 17.6 Å². The second-order valence-electron chi connectivity index (χ2n) is 16.6. The van der Waals surface area contributed by atoms with E-state index in [2.05, 4.69) is 42.5 Å². The van der Waals surface area contributed by atoms with Gasteiger partial charge in [0, 0.05) is 42.7 Å². The number of hydrogen-bond donors (Lipinski definition) is 12. The topological polar surface area (TPSA) is 328 Å². The average Bonchev–Trinajstić information content (AvgIpc) is 3.82. The molecule has 2 saturated heterocycles. The Balaban J connectivity index is 1.42. The number of aromatic hydroxyl groups is 1. The second kappa shape index (κ2) is 28.6. The molecule has 65 heavy (non-hydrogen) atoms. The van der Waals surface area contributed by atoms with Gasteiger partial charge in [-0.2, -0.15) is 23.5 Å². The van der Waals surface area contributed by atoms with Gasteiger partial charge in [-0.1, -0.05) is 32.4 Å². The molecule has 1 unspecified atom stereocenters. The van der Waals surface area contributed by atoms with Gasteiger partial charge in [-0.3, -0.25) is 43.6 Å². The summed E-state index contributed by atoms with van der Waals surface area (Å²) in [5.41, 5.74) is 7.60. The molecule has 0 spiro atoms. The molecule has 2 heterocycles. The molecule has 7 atom stereocenters. The first-order chi connectivity index (χ1) is 31.0. The van der Waals surface area contributed by atoms with Crippen LogP contribution in [0.1, 0.15) is 83.6 Å². The maximum Gasteiger partial charge on any atom is 0.315 e. The van der Waals surface area contributed by atoms with Gasteiger partial charge >= 0.3 is 6.03 Å². The van der Waals surface area contributed by atoms with Crippen LogP contribution in [-0.2, 0) is 44.8 Å². The van der Waals surface area contributed by atoms with E-state index in [1.165, 1.54) is 29.4 Å². The van der Waals surface area contributed by atoms with E-state index < -0.39 is 78.5 Å². The minimum Gasteiger partial charge on any atom is -0.508 e. The third kappa shape index (κ3) is 20.2. The smallest absolute Gasteiger partial charge is 0.315 e. The maximum absolute atomic E-state index is 13.8. The van der Waals surface area contributed by atoms with Crippen molar-refractivity contribution in [3.8, 4) is 5.75 Å². The van der Waals surface area contributed by atoms with Crippen molar-refractivity contribution >= 4 is 76.8 Å². The Kier molecular flexibility index (Phi) is 23.8. The molecule has 0 radical (unpaired) electrons. The van der Waals surface area contributed by atoms with Crippen LogP contribution < -0.4 is 53.7 Å². The molecular formula is C42H66N10O11S2. The Hall–Kier alpha value is -5.29.